The van der Waals surface area contributed by atoms with E-state index in [0.29, 0.717) is 16.3 Å². The van der Waals surface area contributed by atoms with Crippen molar-refractivity contribution >= 4 is 48.9 Å². The van der Waals surface area contributed by atoms with E-state index in [0.717, 1.165) is 4.31 Å². The fraction of sp³-hybridized carbons (Fsp3) is 0.278. The Morgan fingerprint density at radius 1 is 1.11 bits per heavy atom. The van der Waals surface area contributed by atoms with Crippen LogP contribution in [0.2, 0.25) is 5.02 Å². The van der Waals surface area contributed by atoms with Crippen LogP contribution in [0.5, 0.6) is 0 Å². The van der Waals surface area contributed by atoms with Crippen LogP contribution in [0.4, 0.5) is 11.4 Å². The van der Waals surface area contributed by atoms with Crippen LogP contribution in [0.25, 0.3) is 0 Å². The minimum atomic E-state index is -3.90. The fourth-order valence-corrected chi connectivity index (χ4v) is 6.43. The molecule has 0 spiro atoms. The highest BCUT2D eigenvalue weighted by molar-refractivity contribution is 7.94. The monoisotopic (exact) mass is 442 g/mol. The zero-order valence-corrected chi connectivity index (χ0v) is 17.8. The molecule has 3 rings (SSSR count). The number of sulfonamides is 2. The number of carbonyl (C=O) groups excluding carboxylic acids is 1. The molecule has 1 aliphatic heterocycles. The molecule has 1 saturated heterocycles. The first-order valence-electron chi connectivity index (χ1n) is 8.30. The van der Waals surface area contributed by atoms with Gasteiger partial charge in [0.1, 0.15) is 0 Å². The number of anilines is 2. The van der Waals surface area contributed by atoms with E-state index in [4.69, 9.17) is 11.6 Å². The number of benzene rings is 2. The Hall–Kier alpha value is -2.10. The molecule has 0 aliphatic carbocycles. The average Bonchev–Trinajstić information content (AvgIpc) is 2.73. The molecule has 2 aromatic rings. The van der Waals surface area contributed by atoms with Gasteiger partial charge in [0, 0.05) is 5.02 Å². The van der Waals surface area contributed by atoms with Crippen LogP contribution in [-0.2, 0) is 24.8 Å². The molecule has 0 bridgehead atoms. The van der Waals surface area contributed by atoms with E-state index in [1.54, 1.807) is 39.0 Å². The molecular formula is C18H19ClN2O5S2. The van der Waals surface area contributed by atoms with Crippen molar-refractivity contribution in [3.8, 4) is 0 Å². The van der Waals surface area contributed by atoms with E-state index in [2.05, 4.69) is 4.72 Å². The van der Waals surface area contributed by atoms with Gasteiger partial charge in [0.2, 0.25) is 15.9 Å². The normalized spacial score (nSPS) is 18.3. The van der Waals surface area contributed by atoms with E-state index in [1.165, 1.54) is 24.3 Å². The number of amides is 1. The third kappa shape index (κ3) is 3.74. The first kappa shape index (κ1) is 20.6. The third-order valence-corrected chi connectivity index (χ3v) is 8.04. The summed E-state index contributed by atoms with van der Waals surface area (Å²) in [6.45, 7) is 4.84. The number of halogens is 1. The molecule has 7 nitrogen and oxygen atoms in total. The molecule has 1 fully saturated rings. The smallest absolute Gasteiger partial charge is 0.261 e. The molecule has 0 radical (unpaired) electrons. The van der Waals surface area contributed by atoms with Crippen molar-refractivity contribution in [2.75, 3.05) is 14.8 Å². The molecular weight excluding hydrogens is 424 g/mol. The lowest BCUT2D eigenvalue weighted by molar-refractivity contribution is -0.123. The van der Waals surface area contributed by atoms with E-state index >= 15 is 0 Å². The molecule has 1 amide bonds. The molecule has 10 heteroatoms. The fourth-order valence-electron chi connectivity index (χ4n) is 2.97. The number of rotatable bonds is 4. The lowest BCUT2D eigenvalue weighted by Crippen LogP contribution is -2.32. The van der Waals surface area contributed by atoms with E-state index < -0.39 is 31.4 Å². The van der Waals surface area contributed by atoms with Crippen LogP contribution in [-0.4, -0.2) is 28.5 Å². The maximum Gasteiger partial charge on any atom is 0.261 e. The average molecular weight is 443 g/mol. The summed E-state index contributed by atoms with van der Waals surface area (Å²) < 4.78 is 53.1. The number of aryl methyl sites for hydroxylation is 1. The molecule has 1 heterocycles. The Kier molecular flexibility index (Phi) is 4.97. The first-order valence-corrected chi connectivity index (χ1v) is 11.8. The lowest BCUT2D eigenvalue weighted by atomic mass is 9.95. The van der Waals surface area contributed by atoms with Crippen molar-refractivity contribution in [1.29, 1.82) is 0 Å². The van der Waals surface area contributed by atoms with Crippen LogP contribution in [0.3, 0.4) is 0 Å². The van der Waals surface area contributed by atoms with Crippen molar-refractivity contribution in [2.24, 2.45) is 5.41 Å². The molecule has 1 N–H and O–H groups in total. The second-order valence-corrected chi connectivity index (χ2v) is 11.2. The molecule has 150 valence electrons. The van der Waals surface area contributed by atoms with Crippen LogP contribution in [0, 0.1) is 12.3 Å². The second kappa shape index (κ2) is 6.75. The van der Waals surface area contributed by atoms with Gasteiger partial charge in [-0.3, -0.25) is 9.52 Å². The summed E-state index contributed by atoms with van der Waals surface area (Å²) in [6.07, 6.45) is 0. The van der Waals surface area contributed by atoms with Gasteiger partial charge in [-0.25, -0.2) is 21.1 Å². The summed E-state index contributed by atoms with van der Waals surface area (Å²) in [5.41, 5.74) is 0.116. The van der Waals surface area contributed by atoms with E-state index in [-0.39, 0.29) is 16.3 Å². The van der Waals surface area contributed by atoms with Gasteiger partial charge in [-0.15, -0.1) is 0 Å². The maximum absolute atomic E-state index is 12.6. The molecule has 28 heavy (non-hydrogen) atoms. The number of carbonyl (C=O) groups is 1. The summed E-state index contributed by atoms with van der Waals surface area (Å²) in [5.74, 6) is -0.839. The summed E-state index contributed by atoms with van der Waals surface area (Å²) >= 11 is 5.88. The van der Waals surface area contributed by atoms with E-state index in [1.807, 2.05) is 0 Å². The third-order valence-electron chi connectivity index (χ3n) is 4.40. The molecule has 0 atom stereocenters. The topological polar surface area (TPSA) is 101 Å². The van der Waals surface area contributed by atoms with Crippen LogP contribution in [0.15, 0.2) is 47.4 Å². The molecule has 1 aliphatic rings. The van der Waals surface area contributed by atoms with Crippen LogP contribution >= 0.6 is 11.6 Å². The Morgan fingerprint density at radius 2 is 1.71 bits per heavy atom. The Bertz CT molecular complexity index is 1160. The van der Waals surface area contributed by atoms with Gasteiger partial charge in [0.25, 0.3) is 10.0 Å². The Balaban J connectivity index is 1.91. The zero-order valence-electron chi connectivity index (χ0n) is 15.4. The summed E-state index contributed by atoms with van der Waals surface area (Å²) in [4.78, 5) is 12.4. The Labute approximate surface area is 169 Å². The number of nitrogens with zero attached hydrogens (tertiary/aromatic N) is 1. The van der Waals surface area contributed by atoms with Gasteiger partial charge in [-0.05, 0) is 68.8 Å². The second-order valence-electron chi connectivity index (χ2n) is 7.27. The predicted octanol–water partition coefficient (Wildman–Crippen LogP) is 3.15. The quantitative estimate of drug-likeness (QED) is 0.783. The SMILES string of the molecule is Cc1cc(Cl)ccc1NS(=O)(=O)c1ccc(N2C(=O)C(C)(C)CS2(=O)=O)cc1. The van der Waals surface area contributed by atoms with Crippen molar-refractivity contribution < 1.29 is 21.6 Å². The standard InChI is InChI=1S/C18H19ClN2O5S2/c1-12-10-13(19)4-9-16(12)20-28(25,26)15-7-5-14(6-8-15)21-17(22)18(2,3)11-27(21,23)24/h4-10,20H,11H2,1-3H3. The highest BCUT2D eigenvalue weighted by Crippen LogP contribution is 2.36. The number of hydrogen-bond donors (Lipinski definition) is 1. The van der Waals surface area contributed by atoms with Gasteiger partial charge in [0.15, 0.2) is 0 Å². The molecule has 2 aromatic carbocycles. The largest absolute Gasteiger partial charge is 0.279 e. The summed E-state index contributed by atoms with van der Waals surface area (Å²) in [6, 6.07) is 9.89. The van der Waals surface area contributed by atoms with Gasteiger partial charge < -0.3 is 0 Å². The summed E-state index contributed by atoms with van der Waals surface area (Å²) in [5, 5.41) is 0.490. The molecule has 0 saturated carbocycles. The summed E-state index contributed by atoms with van der Waals surface area (Å²) in [7, 11) is -7.70. The highest BCUT2D eigenvalue weighted by atomic mass is 35.5. The number of hydrogen-bond acceptors (Lipinski definition) is 5. The minimum Gasteiger partial charge on any atom is -0.279 e. The van der Waals surface area contributed by atoms with Crippen molar-refractivity contribution in [3.05, 3.63) is 53.1 Å². The molecule has 0 aromatic heterocycles. The zero-order chi connectivity index (χ0) is 20.9. The predicted molar refractivity (Wildman–Crippen MR) is 108 cm³/mol. The van der Waals surface area contributed by atoms with E-state index in [9.17, 15) is 21.6 Å². The lowest BCUT2D eigenvalue weighted by Gasteiger charge is -2.18. The van der Waals surface area contributed by atoms with Gasteiger partial charge in [-0.2, -0.15) is 0 Å². The van der Waals surface area contributed by atoms with Gasteiger partial charge in [-0.1, -0.05) is 11.6 Å². The molecule has 0 unspecified atom stereocenters. The first-order chi connectivity index (χ1) is 12.8. The van der Waals surface area contributed by atoms with Crippen LogP contribution in [0.1, 0.15) is 19.4 Å². The van der Waals surface area contributed by atoms with Gasteiger partial charge >= 0.3 is 0 Å². The van der Waals surface area contributed by atoms with Crippen molar-refractivity contribution in [2.45, 2.75) is 25.7 Å². The number of nitrogens with one attached hydrogen (secondary N) is 1. The van der Waals surface area contributed by atoms with Gasteiger partial charge in [0.05, 0.1) is 27.4 Å². The highest BCUT2D eigenvalue weighted by Gasteiger charge is 2.49. The van der Waals surface area contributed by atoms with Crippen LogP contribution < -0.4 is 9.03 Å². The minimum absolute atomic E-state index is 0.0612. The maximum atomic E-state index is 12.6. The van der Waals surface area contributed by atoms with Crippen molar-refractivity contribution in [1.82, 2.24) is 0 Å². The van der Waals surface area contributed by atoms with Crippen molar-refractivity contribution in [3.63, 3.8) is 0 Å². The Morgan fingerprint density at radius 3 is 2.21 bits per heavy atom.